The van der Waals surface area contributed by atoms with Crippen LogP contribution in [0, 0.1) is 34.0 Å². The van der Waals surface area contributed by atoms with Crippen molar-refractivity contribution in [3.63, 3.8) is 0 Å². The van der Waals surface area contributed by atoms with Crippen LogP contribution in [0.5, 0.6) is 0 Å². The molecule has 0 radical (unpaired) electrons. The molecule has 0 nitrogen and oxygen atoms in total. The minimum absolute atomic E-state index is 0.507. The molecule has 106 valence electrons. The Morgan fingerprint density at radius 3 is 2.11 bits per heavy atom. The molecule has 0 aromatic rings. The van der Waals surface area contributed by atoms with Crippen molar-refractivity contribution in [3.8, 4) is 0 Å². The fourth-order valence-electron chi connectivity index (χ4n) is 4.81. The van der Waals surface area contributed by atoms with Crippen molar-refractivity contribution in [2.45, 2.75) is 80.6 Å². The van der Waals surface area contributed by atoms with Gasteiger partial charge in [-0.05, 0) is 53.3 Å². The SMILES string of the molecule is CCCC1(CC(C)C(C)C(C)(C)CC)C2CC21C. The van der Waals surface area contributed by atoms with E-state index in [1.165, 1.54) is 32.1 Å². The van der Waals surface area contributed by atoms with Crippen molar-refractivity contribution < 1.29 is 0 Å². The Bertz CT molecular complexity index is 316. The molecule has 0 N–H and O–H groups in total. The lowest BCUT2D eigenvalue weighted by molar-refractivity contribution is 0.111. The van der Waals surface area contributed by atoms with Crippen LogP contribution < -0.4 is 0 Å². The normalized spacial score (nSPS) is 41.2. The molecule has 0 amide bonds. The van der Waals surface area contributed by atoms with Crippen molar-refractivity contribution in [2.24, 2.45) is 34.0 Å². The van der Waals surface area contributed by atoms with Crippen LogP contribution in [-0.4, -0.2) is 0 Å². The zero-order chi connectivity index (χ0) is 13.8. The average molecular weight is 250 g/mol. The molecule has 2 aliphatic carbocycles. The van der Waals surface area contributed by atoms with Gasteiger partial charge in [0.2, 0.25) is 0 Å². The molecule has 0 heteroatoms. The largest absolute Gasteiger partial charge is 0.0654 e. The molecular weight excluding hydrogens is 216 g/mol. The fourth-order valence-corrected chi connectivity index (χ4v) is 4.81. The van der Waals surface area contributed by atoms with Gasteiger partial charge in [-0.25, -0.2) is 0 Å². The molecule has 5 unspecified atom stereocenters. The quantitative estimate of drug-likeness (QED) is 0.527. The van der Waals surface area contributed by atoms with Crippen molar-refractivity contribution >= 4 is 0 Å². The zero-order valence-electron chi connectivity index (χ0n) is 13.8. The van der Waals surface area contributed by atoms with Gasteiger partial charge in [-0.15, -0.1) is 0 Å². The van der Waals surface area contributed by atoms with Gasteiger partial charge < -0.3 is 0 Å². The third kappa shape index (κ3) is 1.86. The maximum Gasteiger partial charge on any atom is -0.0204 e. The highest BCUT2D eigenvalue weighted by Crippen LogP contribution is 2.90. The molecule has 0 heterocycles. The first-order valence-corrected chi connectivity index (χ1v) is 8.25. The Morgan fingerprint density at radius 2 is 1.78 bits per heavy atom. The summed E-state index contributed by atoms with van der Waals surface area (Å²) >= 11 is 0. The van der Waals surface area contributed by atoms with Crippen LogP contribution in [0.25, 0.3) is 0 Å². The molecule has 0 aliphatic heterocycles. The van der Waals surface area contributed by atoms with Crippen LogP contribution in [0.4, 0.5) is 0 Å². The molecule has 0 aromatic carbocycles. The molecule has 18 heavy (non-hydrogen) atoms. The highest BCUT2D eigenvalue weighted by Gasteiger charge is 2.84. The molecule has 5 atom stereocenters. The van der Waals surface area contributed by atoms with Gasteiger partial charge >= 0.3 is 0 Å². The lowest BCUT2D eigenvalue weighted by atomic mass is 9.67. The van der Waals surface area contributed by atoms with Gasteiger partial charge in [-0.3, -0.25) is 0 Å². The standard InChI is InChI=1S/C18H34/c1-8-10-18(15-12-17(15,18)7)11-13(3)14(4)16(5,6)9-2/h13-15H,8-12H2,1-7H3. The molecule has 2 aliphatic rings. The first-order chi connectivity index (χ1) is 8.25. The minimum Gasteiger partial charge on any atom is -0.0654 e. The summed E-state index contributed by atoms with van der Waals surface area (Å²) < 4.78 is 0. The van der Waals surface area contributed by atoms with Crippen molar-refractivity contribution in [1.82, 2.24) is 0 Å². The smallest absolute Gasteiger partial charge is 0.0204 e. The predicted octanol–water partition coefficient (Wildman–Crippen LogP) is 5.91. The number of hydrogen-bond donors (Lipinski definition) is 0. The Kier molecular flexibility index (Phi) is 3.40. The summed E-state index contributed by atoms with van der Waals surface area (Å²) in [5, 5.41) is 0. The van der Waals surface area contributed by atoms with Crippen molar-refractivity contribution in [3.05, 3.63) is 0 Å². The van der Waals surface area contributed by atoms with Crippen LogP contribution in [-0.2, 0) is 0 Å². The number of rotatable bonds is 7. The fraction of sp³-hybridized carbons (Fsp3) is 1.00. The van der Waals surface area contributed by atoms with E-state index in [9.17, 15) is 0 Å². The Morgan fingerprint density at radius 1 is 1.22 bits per heavy atom. The van der Waals surface area contributed by atoms with E-state index in [4.69, 9.17) is 0 Å². The molecule has 0 saturated heterocycles. The maximum atomic E-state index is 2.55. The average Bonchev–Trinajstić information content (AvgIpc) is 3.14. The maximum absolute atomic E-state index is 2.55. The Labute approximate surface area is 115 Å². The molecule has 0 bridgehead atoms. The van der Waals surface area contributed by atoms with E-state index in [1.807, 2.05) is 0 Å². The Balaban J connectivity index is 1.97. The summed E-state index contributed by atoms with van der Waals surface area (Å²) in [4.78, 5) is 0. The molecular formula is C18H34. The van der Waals surface area contributed by atoms with E-state index in [1.54, 1.807) is 0 Å². The van der Waals surface area contributed by atoms with Gasteiger partial charge in [0.05, 0.1) is 0 Å². The zero-order valence-corrected chi connectivity index (χ0v) is 13.8. The lowest BCUT2D eigenvalue weighted by Gasteiger charge is -2.39. The van der Waals surface area contributed by atoms with Crippen LogP contribution in [0.3, 0.4) is 0 Å². The second kappa shape index (κ2) is 4.25. The van der Waals surface area contributed by atoms with E-state index in [0.29, 0.717) is 5.41 Å². The first-order valence-electron chi connectivity index (χ1n) is 8.25. The summed E-state index contributed by atoms with van der Waals surface area (Å²) in [5.41, 5.74) is 2.04. The van der Waals surface area contributed by atoms with Crippen LogP contribution in [0.15, 0.2) is 0 Å². The number of hydrogen-bond acceptors (Lipinski definition) is 0. The topological polar surface area (TPSA) is 0 Å². The molecule has 0 aromatic heterocycles. The predicted molar refractivity (Wildman–Crippen MR) is 80.6 cm³/mol. The number of fused-ring (bicyclic) bond motifs is 1. The van der Waals surface area contributed by atoms with Gasteiger partial charge in [-0.1, -0.05) is 61.3 Å². The molecule has 0 spiro atoms. The van der Waals surface area contributed by atoms with Crippen LogP contribution in [0.1, 0.15) is 80.6 Å². The van der Waals surface area contributed by atoms with Gasteiger partial charge in [-0.2, -0.15) is 0 Å². The molecule has 2 fully saturated rings. The van der Waals surface area contributed by atoms with Crippen LogP contribution in [0.2, 0.25) is 0 Å². The highest BCUT2D eigenvalue weighted by atomic mass is 14.9. The van der Waals surface area contributed by atoms with E-state index < -0.39 is 0 Å². The second-order valence-corrected chi connectivity index (χ2v) is 8.39. The monoisotopic (exact) mass is 250 g/mol. The molecule has 2 saturated carbocycles. The van der Waals surface area contributed by atoms with E-state index in [2.05, 4.69) is 48.5 Å². The van der Waals surface area contributed by atoms with Gasteiger partial charge in [0.15, 0.2) is 0 Å². The van der Waals surface area contributed by atoms with Gasteiger partial charge in [0, 0.05) is 0 Å². The Hall–Kier alpha value is 0. The van der Waals surface area contributed by atoms with Crippen molar-refractivity contribution in [2.75, 3.05) is 0 Å². The first kappa shape index (κ1) is 14.4. The second-order valence-electron chi connectivity index (χ2n) is 8.39. The third-order valence-corrected chi connectivity index (χ3v) is 7.34. The van der Waals surface area contributed by atoms with E-state index in [-0.39, 0.29) is 0 Å². The minimum atomic E-state index is 0.507. The van der Waals surface area contributed by atoms with Gasteiger partial charge in [0.25, 0.3) is 0 Å². The summed E-state index contributed by atoms with van der Waals surface area (Å²) in [5.74, 6) is 2.83. The van der Waals surface area contributed by atoms with Crippen LogP contribution >= 0.6 is 0 Å². The van der Waals surface area contributed by atoms with Gasteiger partial charge in [0.1, 0.15) is 0 Å². The lowest BCUT2D eigenvalue weighted by Crippen LogP contribution is -2.30. The van der Waals surface area contributed by atoms with E-state index >= 15 is 0 Å². The third-order valence-electron chi connectivity index (χ3n) is 7.34. The summed E-state index contributed by atoms with van der Waals surface area (Å²) in [7, 11) is 0. The summed E-state index contributed by atoms with van der Waals surface area (Å²) in [6, 6.07) is 0. The highest BCUT2D eigenvalue weighted by molar-refractivity contribution is 5.32. The van der Waals surface area contributed by atoms with Crippen molar-refractivity contribution in [1.29, 1.82) is 0 Å². The van der Waals surface area contributed by atoms with E-state index in [0.717, 1.165) is 28.6 Å². The summed E-state index contributed by atoms with van der Waals surface area (Å²) in [6.45, 7) is 17.2. The molecule has 2 rings (SSSR count). The summed E-state index contributed by atoms with van der Waals surface area (Å²) in [6.07, 6.45) is 7.19.